The normalized spacial score (nSPS) is 13.6. The van der Waals surface area contributed by atoms with Gasteiger partial charge in [0.2, 0.25) is 0 Å². The topological polar surface area (TPSA) is 63.5 Å². The van der Waals surface area contributed by atoms with Gasteiger partial charge in [0.1, 0.15) is 11.4 Å². The molecule has 0 bridgehead atoms. The van der Waals surface area contributed by atoms with Crippen molar-refractivity contribution in [2.24, 2.45) is 0 Å². The highest BCUT2D eigenvalue weighted by Crippen LogP contribution is 2.29. The molecule has 2 aromatic carbocycles. The predicted molar refractivity (Wildman–Crippen MR) is 137 cm³/mol. The molecule has 1 aliphatic rings. The molecule has 0 spiro atoms. The third kappa shape index (κ3) is 5.04. The number of carbonyl (C=O) groups excluding carboxylic acids is 1. The smallest absolute Gasteiger partial charge is 0.257 e. The van der Waals surface area contributed by atoms with Crippen molar-refractivity contribution >= 4 is 11.6 Å². The van der Waals surface area contributed by atoms with Crippen LogP contribution in [0, 0.1) is 0 Å². The first-order valence-corrected chi connectivity index (χ1v) is 12.0. The van der Waals surface area contributed by atoms with E-state index < -0.39 is 0 Å². The summed E-state index contributed by atoms with van der Waals surface area (Å²) < 4.78 is 7.66. The number of para-hydroxylation sites is 2. The van der Waals surface area contributed by atoms with Crippen LogP contribution in [-0.2, 0) is 6.54 Å². The number of amides is 1. The standard InChI is InChI=1S/C28H29N5O2/c1-2-35-26-13-7-6-12-25(26)31-15-17-32(18-16-31)28(34)24-21-33(20-22-9-4-3-5-10-22)30-27(24)23-11-8-14-29-19-23/h3-14,19,21H,2,15-18,20H2,1H3. The monoisotopic (exact) mass is 467 g/mol. The van der Waals surface area contributed by atoms with Gasteiger partial charge >= 0.3 is 0 Å². The Kier molecular flexibility index (Phi) is 6.75. The van der Waals surface area contributed by atoms with Gasteiger partial charge in [0.15, 0.2) is 0 Å². The van der Waals surface area contributed by atoms with Crippen LogP contribution in [0.4, 0.5) is 5.69 Å². The number of rotatable bonds is 7. The van der Waals surface area contributed by atoms with Gasteiger partial charge < -0.3 is 14.5 Å². The lowest BCUT2D eigenvalue weighted by Crippen LogP contribution is -2.49. The van der Waals surface area contributed by atoms with Crippen molar-refractivity contribution in [1.82, 2.24) is 19.7 Å². The summed E-state index contributed by atoms with van der Waals surface area (Å²) in [5, 5.41) is 4.79. The lowest BCUT2D eigenvalue weighted by molar-refractivity contribution is 0.0747. The highest BCUT2D eigenvalue weighted by molar-refractivity contribution is 6.00. The summed E-state index contributed by atoms with van der Waals surface area (Å²) in [4.78, 5) is 22.1. The number of hydrogen-bond acceptors (Lipinski definition) is 5. The van der Waals surface area contributed by atoms with Crippen LogP contribution in [0.2, 0.25) is 0 Å². The number of anilines is 1. The molecular weight excluding hydrogens is 438 g/mol. The molecule has 1 aliphatic heterocycles. The molecule has 1 saturated heterocycles. The van der Waals surface area contributed by atoms with Crippen molar-refractivity contribution in [3.05, 3.63) is 96.4 Å². The number of piperazine rings is 1. The Labute approximate surface area is 205 Å². The van der Waals surface area contributed by atoms with E-state index in [2.05, 4.69) is 28.1 Å². The number of hydrogen-bond donors (Lipinski definition) is 0. The molecule has 0 radical (unpaired) electrons. The Balaban J connectivity index is 1.36. The maximum absolute atomic E-state index is 13.7. The molecule has 7 heteroatoms. The zero-order valence-electron chi connectivity index (χ0n) is 19.9. The Morgan fingerprint density at radius 3 is 2.46 bits per heavy atom. The molecule has 4 aromatic rings. The number of pyridine rings is 1. The number of carbonyl (C=O) groups is 1. The van der Waals surface area contributed by atoms with E-state index in [4.69, 9.17) is 9.84 Å². The number of ether oxygens (including phenoxy) is 1. The molecule has 5 rings (SSSR count). The van der Waals surface area contributed by atoms with E-state index in [-0.39, 0.29) is 5.91 Å². The summed E-state index contributed by atoms with van der Waals surface area (Å²) in [5.41, 5.74) is 4.33. The molecule has 0 N–H and O–H groups in total. The Morgan fingerprint density at radius 2 is 1.71 bits per heavy atom. The minimum atomic E-state index is 0.000841. The van der Waals surface area contributed by atoms with Gasteiger partial charge in [-0.1, -0.05) is 42.5 Å². The Morgan fingerprint density at radius 1 is 0.943 bits per heavy atom. The average Bonchev–Trinajstić information content (AvgIpc) is 3.34. The van der Waals surface area contributed by atoms with Crippen molar-refractivity contribution in [2.45, 2.75) is 13.5 Å². The molecule has 0 atom stereocenters. The van der Waals surface area contributed by atoms with Crippen LogP contribution in [0.5, 0.6) is 5.75 Å². The summed E-state index contributed by atoms with van der Waals surface area (Å²) in [7, 11) is 0. The van der Waals surface area contributed by atoms with E-state index >= 15 is 0 Å². The Hall–Kier alpha value is -4.13. The van der Waals surface area contributed by atoms with Crippen molar-refractivity contribution in [2.75, 3.05) is 37.7 Å². The van der Waals surface area contributed by atoms with Gasteiger partial charge in [0.05, 0.1) is 24.4 Å². The van der Waals surface area contributed by atoms with Crippen LogP contribution in [0.25, 0.3) is 11.3 Å². The summed E-state index contributed by atoms with van der Waals surface area (Å²) in [6, 6.07) is 22.0. The second-order valence-corrected chi connectivity index (χ2v) is 8.50. The molecule has 1 fully saturated rings. The largest absolute Gasteiger partial charge is 0.492 e. The summed E-state index contributed by atoms with van der Waals surface area (Å²) in [5.74, 6) is 0.886. The van der Waals surface area contributed by atoms with Gasteiger partial charge in [-0.25, -0.2) is 0 Å². The number of nitrogens with zero attached hydrogens (tertiary/aromatic N) is 5. The minimum Gasteiger partial charge on any atom is -0.492 e. The first-order chi connectivity index (χ1) is 17.2. The van der Waals surface area contributed by atoms with Crippen LogP contribution in [0.1, 0.15) is 22.8 Å². The lowest BCUT2D eigenvalue weighted by Gasteiger charge is -2.36. The molecule has 1 amide bonds. The lowest BCUT2D eigenvalue weighted by atomic mass is 10.1. The van der Waals surface area contributed by atoms with Crippen LogP contribution in [0.3, 0.4) is 0 Å². The molecule has 178 valence electrons. The van der Waals surface area contributed by atoms with Crippen molar-refractivity contribution in [1.29, 1.82) is 0 Å². The second-order valence-electron chi connectivity index (χ2n) is 8.50. The highest BCUT2D eigenvalue weighted by Gasteiger charge is 2.27. The van der Waals surface area contributed by atoms with Crippen LogP contribution < -0.4 is 9.64 Å². The van der Waals surface area contributed by atoms with Crippen LogP contribution >= 0.6 is 0 Å². The zero-order chi connectivity index (χ0) is 24.0. The van der Waals surface area contributed by atoms with Crippen LogP contribution in [0.15, 0.2) is 85.3 Å². The van der Waals surface area contributed by atoms with E-state index in [0.29, 0.717) is 37.5 Å². The minimum absolute atomic E-state index is 0.000841. The van der Waals surface area contributed by atoms with Gasteiger partial charge in [-0.2, -0.15) is 5.10 Å². The summed E-state index contributed by atoms with van der Waals surface area (Å²) >= 11 is 0. The highest BCUT2D eigenvalue weighted by atomic mass is 16.5. The second kappa shape index (κ2) is 10.4. The fraction of sp³-hybridized carbons (Fsp3) is 0.250. The molecule has 3 heterocycles. The van der Waals surface area contributed by atoms with E-state index in [1.165, 1.54) is 0 Å². The average molecular weight is 468 g/mol. The SMILES string of the molecule is CCOc1ccccc1N1CCN(C(=O)c2cn(Cc3ccccc3)nc2-c2cccnc2)CC1. The van der Waals surface area contributed by atoms with E-state index in [1.54, 1.807) is 12.4 Å². The summed E-state index contributed by atoms with van der Waals surface area (Å²) in [6.45, 7) is 5.98. The number of aromatic nitrogens is 3. The van der Waals surface area contributed by atoms with E-state index in [0.717, 1.165) is 35.7 Å². The third-order valence-corrected chi connectivity index (χ3v) is 6.19. The molecule has 35 heavy (non-hydrogen) atoms. The first-order valence-electron chi connectivity index (χ1n) is 12.0. The Bertz CT molecular complexity index is 1270. The van der Waals surface area contributed by atoms with Gasteiger partial charge in [-0.05, 0) is 36.8 Å². The fourth-order valence-electron chi connectivity index (χ4n) is 4.46. The van der Waals surface area contributed by atoms with E-state index in [1.807, 2.05) is 71.2 Å². The van der Waals surface area contributed by atoms with Gasteiger partial charge in [-0.15, -0.1) is 0 Å². The maximum Gasteiger partial charge on any atom is 0.257 e. The third-order valence-electron chi connectivity index (χ3n) is 6.19. The summed E-state index contributed by atoms with van der Waals surface area (Å²) in [6.07, 6.45) is 5.36. The van der Waals surface area contributed by atoms with Crippen LogP contribution in [-0.4, -0.2) is 58.4 Å². The van der Waals surface area contributed by atoms with Gasteiger partial charge in [0, 0.05) is 50.3 Å². The molecule has 0 unspecified atom stereocenters. The molecule has 7 nitrogen and oxygen atoms in total. The van der Waals surface area contributed by atoms with E-state index in [9.17, 15) is 4.79 Å². The molecular formula is C28H29N5O2. The predicted octanol–water partition coefficient (Wildman–Crippen LogP) is 4.35. The maximum atomic E-state index is 13.7. The first kappa shape index (κ1) is 22.7. The number of benzene rings is 2. The zero-order valence-corrected chi connectivity index (χ0v) is 19.9. The van der Waals surface area contributed by atoms with Gasteiger partial charge in [-0.3, -0.25) is 14.5 Å². The van der Waals surface area contributed by atoms with Gasteiger partial charge in [0.25, 0.3) is 5.91 Å². The van der Waals surface area contributed by atoms with Crippen molar-refractivity contribution in [3.8, 4) is 17.0 Å². The molecule has 2 aromatic heterocycles. The fourth-order valence-corrected chi connectivity index (χ4v) is 4.46. The molecule has 0 aliphatic carbocycles. The quantitative estimate of drug-likeness (QED) is 0.404. The molecule has 0 saturated carbocycles. The van der Waals surface area contributed by atoms with Crippen molar-refractivity contribution in [3.63, 3.8) is 0 Å². The van der Waals surface area contributed by atoms with Crippen molar-refractivity contribution < 1.29 is 9.53 Å².